The van der Waals surface area contributed by atoms with Crippen molar-refractivity contribution in [2.75, 3.05) is 6.61 Å². The predicted molar refractivity (Wildman–Crippen MR) is 46.5 cm³/mol. The number of aliphatic hydroxyl groups excluding tert-OH is 1. The number of carbonyl (C=O) groups is 2. The molecule has 1 rings (SSSR count). The Morgan fingerprint density at radius 2 is 1.93 bits per heavy atom. The number of rotatable bonds is 3. The van der Waals surface area contributed by atoms with E-state index in [9.17, 15) is 14.7 Å². The van der Waals surface area contributed by atoms with Crippen molar-refractivity contribution in [1.29, 1.82) is 0 Å². The van der Waals surface area contributed by atoms with Gasteiger partial charge < -0.3 is 14.9 Å². The highest BCUT2D eigenvalue weighted by Gasteiger charge is 2.43. The second-order valence-corrected chi connectivity index (χ2v) is 3.43. The molecule has 2 N–H and O–H groups in total. The van der Waals surface area contributed by atoms with Crippen LogP contribution < -0.4 is 0 Å². The largest absolute Gasteiger partial charge is 0.481 e. The molecule has 0 aromatic carbocycles. The molecule has 0 amide bonds. The van der Waals surface area contributed by atoms with Gasteiger partial charge in [-0.25, -0.2) is 0 Å². The lowest BCUT2D eigenvalue weighted by molar-refractivity contribution is -0.156. The molecule has 0 aromatic rings. The minimum absolute atomic E-state index is 0.138. The summed E-state index contributed by atoms with van der Waals surface area (Å²) >= 11 is 0. The van der Waals surface area contributed by atoms with E-state index in [4.69, 9.17) is 9.84 Å². The fourth-order valence-electron chi connectivity index (χ4n) is 1.79. The van der Waals surface area contributed by atoms with Crippen LogP contribution >= 0.6 is 0 Å². The summed E-state index contributed by atoms with van der Waals surface area (Å²) in [6.45, 7) is 1.90. The van der Waals surface area contributed by atoms with E-state index in [-0.39, 0.29) is 19.4 Å². The first-order valence-corrected chi connectivity index (χ1v) is 4.63. The predicted octanol–water partition coefficient (Wildman–Crippen LogP) is 0.0212. The summed E-state index contributed by atoms with van der Waals surface area (Å²) in [5, 5.41) is 18.1. The number of carboxylic acid groups (broad SMARTS) is 1. The minimum Gasteiger partial charge on any atom is -0.481 e. The van der Waals surface area contributed by atoms with Gasteiger partial charge in [0.15, 0.2) is 0 Å². The fourth-order valence-corrected chi connectivity index (χ4v) is 1.79. The van der Waals surface area contributed by atoms with Crippen LogP contribution in [0.15, 0.2) is 0 Å². The maximum atomic E-state index is 11.3. The first-order chi connectivity index (χ1) is 6.56. The zero-order chi connectivity index (χ0) is 10.7. The molecule has 1 aliphatic carbocycles. The summed E-state index contributed by atoms with van der Waals surface area (Å²) in [5.41, 5.74) is 0. The van der Waals surface area contributed by atoms with Crippen LogP contribution in [0.2, 0.25) is 0 Å². The van der Waals surface area contributed by atoms with Gasteiger partial charge >= 0.3 is 11.9 Å². The smallest absolute Gasteiger partial charge is 0.309 e. The van der Waals surface area contributed by atoms with Crippen LogP contribution in [-0.2, 0) is 14.3 Å². The molecule has 1 fully saturated rings. The van der Waals surface area contributed by atoms with Crippen LogP contribution in [-0.4, -0.2) is 34.9 Å². The maximum Gasteiger partial charge on any atom is 0.309 e. The third-order valence-corrected chi connectivity index (χ3v) is 2.44. The van der Waals surface area contributed by atoms with E-state index in [2.05, 4.69) is 0 Å². The van der Waals surface area contributed by atoms with Gasteiger partial charge in [0.25, 0.3) is 0 Å². The van der Waals surface area contributed by atoms with Crippen LogP contribution in [0.1, 0.15) is 19.8 Å². The van der Waals surface area contributed by atoms with Gasteiger partial charge in [-0.1, -0.05) is 0 Å². The zero-order valence-corrected chi connectivity index (χ0v) is 7.97. The molecule has 80 valence electrons. The van der Waals surface area contributed by atoms with Gasteiger partial charge in [0.05, 0.1) is 24.5 Å². The SMILES string of the molecule is CCOC(=O)C1C[C@H](O)C[C@H]1C(=O)O. The van der Waals surface area contributed by atoms with Gasteiger partial charge in [-0.2, -0.15) is 0 Å². The fraction of sp³-hybridized carbons (Fsp3) is 0.778. The van der Waals surface area contributed by atoms with Crippen LogP contribution in [0.25, 0.3) is 0 Å². The van der Waals surface area contributed by atoms with Gasteiger partial charge in [-0.05, 0) is 19.8 Å². The highest BCUT2D eigenvalue weighted by molar-refractivity contribution is 5.81. The number of carboxylic acids is 1. The first kappa shape index (κ1) is 11.0. The minimum atomic E-state index is -1.04. The lowest BCUT2D eigenvalue weighted by Crippen LogP contribution is -2.26. The van der Waals surface area contributed by atoms with Crippen molar-refractivity contribution in [1.82, 2.24) is 0 Å². The van der Waals surface area contributed by atoms with Crippen molar-refractivity contribution in [2.45, 2.75) is 25.9 Å². The molecule has 0 bridgehead atoms. The molecule has 0 aromatic heterocycles. The van der Waals surface area contributed by atoms with Gasteiger partial charge in [0.1, 0.15) is 0 Å². The third-order valence-electron chi connectivity index (χ3n) is 2.44. The topological polar surface area (TPSA) is 83.8 Å². The van der Waals surface area contributed by atoms with Crippen molar-refractivity contribution in [3.63, 3.8) is 0 Å². The molecule has 0 spiro atoms. The molecule has 3 atom stereocenters. The molecule has 0 aliphatic heterocycles. The molecule has 14 heavy (non-hydrogen) atoms. The van der Waals surface area contributed by atoms with E-state index < -0.39 is 29.9 Å². The van der Waals surface area contributed by atoms with E-state index in [0.717, 1.165) is 0 Å². The maximum absolute atomic E-state index is 11.3. The molecule has 1 aliphatic rings. The van der Waals surface area contributed by atoms with E-state index >= 15 is 0 Å². The van der Waals surface area contributed by atoms with Crippen LogP contribution in [0.3, 0.4) is 0 Å². The van der Waals surface area contributed by atoms with Gasteiger partial charge in [0.2, 0.25) is 0 Å². The van der Waals surface area contributed by atoms with Crippen LogP contribution in [0, 0.1) is 11.8 Å². The second kappa shape index (κ2) is 4.41. The van der Waals surface area contributed by atoms with Crippen molar-refractivity contribution in [2.24, 2.45) is 11.8 Å². The Morgan fingerprint density at radius 1 is 1.36 bits per heavy atom. The Balaban J connectivity index is 2.66. The third kappa shape index (κ3) is 2.23. The molecule has 5 nitrogen and oxygen atoms in total. The number of hydrogen-bond acceptors (Lipinski definition) is 4. The summed E-state index contributed by atoms with van der Waals surface area (Å²) in [4.78, 5) is 22.1. The van der Waals surface area contributed by atoms with Crippen LogP contribution in [0.5, 0.6) is 0 Å². The number of aliphatic hydroxyl groups is 1. The highest BCUT2D eigenvalue weighted by atomic mass is 16.5. The summed E-state index contributed by atoms with van der Waals surface area (Å²) in [6, 6.07) is 0. The quantitative estimate of drug-likeness (QED) is 0.630. The molecule has 0 saturated heterocycles. The lowest BCUT2D eigenvalue weighted by Gasteiger charge is -2.13. The Hall–Kier alpha value is -1.10. The molecule has 1 saturated carbocycles. The monoisotopic (exact) mass is 202 g/mol. The van der Waals surface area contributed by atoms with E-state index in [1.807, 2.05) is 0 Å². The van der Waals surface area contributed by atoms with Crippen molar-refractivity contribution in [3.05, 3.63) is 0 Å². The average Bonchev–Trinajstić information content (AvgIpc) is 2.48. The summed E-state index contributed by atoms with van der Waals surface area (Å²) in [6.07, 6.45) is -0.375. The van der Waals surface area contributed by atoms with Crippen LogP contribution in [0.4, 0.5) is 0 Å². The number of carbonyl (C=O) groups excluding carboxylic acids is 1. The van der Waals surface area contributed by atoms with E-state index in [1.165, 1.54) is 0 Å². The lowest BCUT2D eigenvalue weighted by atomic mass is 9.96. The molecule has 0 radical (unpaired) electrons. The highest BCUT2D eigenvalue weighted by Crippen LogP contribution is 2.33. The van der Waals surface area contributed by atoms with E-state index in [1.54, 1.807) is 6.92 Å². The molecule has 0 heterocycles. The molecular weight excluding hydrogens is 188 g/mol. The van der Waals surface area contributed by atoms with Gasteiger partial charge in [-0.3, -0.25) is 9.59 Å². The van der Waals surface area contributed by atoms with Crippen molar-refractivity contribution in [3.8, 4) is 0 Å². The Labute approximate surface area is 81.7 Å². The first-order valence-electron chi connectivity index (χ1n) is 4.63. The molecule has 1 unspecified atom stereocenters. The summed E-state index contributed by atoms with van der Waals surface area (Å²) in [5.74, 6) is -3.05. The standard InChI is InChI=1S/C9H14O5/c1-2-14-9(13)7-4-5(10)3-6(7)8(11)12/h5-7,10H,2-4H2,1H3,(H,11,12)/t5-,6-,7?/m1/s1. The molecule has 5 heteroatoms. The Morgan fingerprint density at radius 3 is 2.43 bits per heavy atom. The number of aliphatic carboxylic acids is 1. The molecular formula is C9H14O5. The second-order valence-electron chi connectivity index (χ2n) is 3.43. The summed E-state index contributed by atoms with van der Waals surface area (Å²) < 4.78 is 4.74. The Bertz CT molecular complexity index is 237. The van der Waals surface area contributed by atoms with E-state index in [0.29, 0.717) is 0 Å². The normalized spacial score (nSPS) is 31.4. The van der Waals surface area contributed by atoms with Gasteiger partial charge in [-0.15, -0.1) is 0 Å². The zero-order valence-electron chi connectivity index (χ0n) is 7.97. The van der Waals surface area contributed by atoms with Crippen molar-refractivity contribution < 1.29 is 24.5 Å². The van der Waals surface area contributed by atoms with Gasteiger partial charge in [0, 0.05) is 0 Å². The van der Waals surface area contributed by atoms with Crippen molar-refractivity contribution >= 4 is 11.9 Å². The number of hydrogen-bond donors (Lipinski definition) is 2. The number of esters is 1. The number of ether oxygens (including phenoxy) is 1. The summed E-state index contributed by atoms with van der Waals surface area (Å²) in [7, 11) is 0. The average molecular weight is 202 g/mol. The Kier molecular flexibility index (Phi) is 3.46.